The van der Waals surface area contributed by atoms with E-state index >= 15 is 0 Å². The van der Waals surface area contributed by atoms with Crippen LogP contribution in [0.5, 0.6) is 11.5 Å². The Morgan fingerprint density at radius 1 is 1.25 bits per heavy atom. The largest absolute Gasteiger partial charge is 0.457 e. The Balaban J connectivity index is 1.93. The molecule has 0 saturated carbocycles. The Bertz CT molecular complexity index is 1080. The zero-order valence-corrected chi connectivity index (χ0v) is 17.0. The van der Waals surface area contributed by atoms with Crippen LogP contribution in [0.1, 0.15) is 21.6 Å². The van der Waals surface area contributed by atoms with E-state index in [2.05, 4.69) is 26.3 Å². The number of halogens is 1. The Morgan fingerprint density at radius 2 is 2.00 bits per heavy atom. The second-order valence-corrected chi connectivity index (χ2v) is 7.15. The number of anilines is 1. The molecule has 9 heteroatoms. The third-order valence-electron chi connectivity index (χ3n) is 3.93. The van der Waals surface area contributed by atoms with E-state index in [1.165, 1.54) is 22.9 Å². The first kappa shape index (κ1) is 19.6. The lowest BCUT2D eigenvalue weighted by Gasteiger charge is -2.11. The number of ether oxygens (including phenoxy) is 1. The molecule has 0 aliphatic carbocycles. The van der Waals surface area contributed by atoms with Gasteiger partial charge in [0.1, 0.15) is 11.5 Å². The maximum absolute atomic E-state index is 12.5. The zero-order valence-electron chi connectivity index (χ0n) is 15.4. The van der Waals surface area contributed by atoms with Gasteiger partial charge in [0.2, 0.25) is 0 Å². The van der Waals surface area contributed by atoms with Crippen molar-refractivity contribution in [3.05, 3.63) is 74.0 Å². The van der Waals surface area contributed by atoms with E-state index in [0.29, 0.717) is 10.2 Å². The van der Waals surface area contributed by atoms with Crippen LogP contribution in [-0.4, -0.2) is 20.6 Å². The molecule has 2 aromatic carbocycles. The molecule has 0 aliphatic heterocycles. The summed E-state index contributed by atoms with van der Waals surface area (Å²) in [7, 11) is 1.69. The topological polar surface area (TPSA) is 99.3 Å². The minimum atomic E-state index is -0.539. The molecular formula is C19H17BrN4O4. The summed E-state index contributed by atoms with van der Waals surface area (Å²) in [5.41, 5.74) is 2.10. The minimum absolute atomic E-state index is 0.172. The fraction of sp³-hybridized carbons (Fsp3) is 0.158. The van der Waals surface area contributed by atoms with Crippen molar-refractivity contribution in [3.8, 4) is 11.5 Å². The molecule has 1 amide bonds. The highest BCUT2D eigenvalue weighted by molar-refractivity contribution is 9.10. The predicted molar refractivity (Wildman–Crippen MR) is 108 cm³/mol. The number of nitrogens with one attached hydrogen (secondary N) is 1. The fourth-order valence-electron chi connectivity index (χ4n) is 2.57. The molecule has 28 heavy (non-hydrogen) atoms. The molecule has 0 saturated heterocycles. The van der Waals surface area contributed by atoms with E-state index in [4.69, 9.17) is 4.74 Å². The first-order chi connectivity index (χ1) is 13.2. The lowest BCUT2D eigenvalue weighted by molar-refractivity contribution is -0.384. The summed E-state index contributed by atoms with van der Waals surface area (Å²) in [4.78, 5) is 23.2. The van der Waals surface area contributed by atoms with Crippen molar-refractivity contribution in [1.82, 2.24) is 9.78 Å². The van der Waals surface area contributed by atoms with Gasteiger partial charge in [0.25, 0.3) is 11.6 Å². The van der Waals surface area contributed by atoms with E-state index in [1.807, 2.05) is 32.0 Å². The molecule has 3 aromatic rings. The molecule has 0 spiro atoms. The molecule has 1 N–H and O–H groups in total. The number of nitrogens with zero attached hydrogens (tertiary/aromatic N) is 3. The van der Waals surface area contributed by atoms with E-state index < -0.39 is 10.8 Å². The van der Waals surface area contributed by atoms with Crippen molar-refractivity contribution in [2.45, 2.75) is 13.8 Å². The van der Waals surface area contributed by atoms with E-state index in [1.54, 1.807) is 13.2 Å². The first-order valence-corrected chi connectivity index (χ1v) is 9.07. The van der Waals surface area contributed by atoms with Crippen LogP contribution in [0.15, 0.2) is 47.1 Å². The van der Waals surface area contributed by atoms with Crippen LogP contribution in [0.3, 0.4) is 0 Å². The van der Waals surface area contributed by atoms with Crippen molar-refractivity contribution in [2.75, 3.05) is 5.32 Å². The van der Waals surface area contributed by atoms with Gasteiger partial charge in [0.15, 0.2) is 5.69 Å². The number of hydrogen-bond donors (Lipinski definition) is 1. The Hall–Kier alpha value is -3.20. The van der Waals surface area contributed by atoms with Gasteiger partial charge in [-0.3, -0.25) is 19.6 Å². The summed E-state index contributed by atoms with van der Waals surface area (Å²) >= 11 is 3.27. The molecule has 0 aliphatic rings. The lowest BCUT2D eigenvalue weighted by Crippen LogP contribution is -2.13. The van der Waals surface area contributed by atoms with Crippen molar-refractivity contribution >= 4 is 33.2 Å². The van der Waals surface area contributed by atoms with Gasteiger partial charge in [-0.1, -0.05) is 12.1 Å². The van der Waals surface area contributed by atoms with Gasteiger partial charge in [-0.05, 0) is 47.0 Å². The smallest absolute Gasteiger partial charge is 0.277 e. The van der Waals surface area contributed by atoms with Crippen molar-refractivity contribution < 1.29 is 14.5 Å². The maximum Gasteiger partial charge on any atom is 0.277 e. The zero-order chi connectivity index (χ0) is 20.4. The normalized spacial score (nSPS) is 10.6. The van der Waals surface area contributed by atoms with Crippen LogP contribution in [-0.2, 0) is 7.05 Å². The molecule has 0 fully saturated rings. The number of carbonyl (C=O) groups excluding carboxylic acids is 1. The Labute approximate surface area is 169 Å². The Morgan fingerprint density at radius 3 is 2.64 bits per heavy atom. The molecule has 0 bridgehead atoms. The second kappa shape index (κ2) is 7.81. The SMILES string of the molecule is Cc1ccc(C)c(Oc2cc(NC(=O)c3nn(C)cc3Br)cc([N+](=O)[O-])c2)c1. The summed E-state index contributed by atoms with van der Waals surface area (Å²) < 4.78 is 7.86. The molecule has 0 unspecified atom stereocenters. The quantitative estimate of drug-likeness (QED) is 0.451. The summed E-state index contributed by atoms with van der Waals surface area (Å²) in [5.74, 6) is 0.342. The molecule has 0 radical (unpaired) electrons. The third-order valence-corrected chi connectivity index (χ3v) is 4.51. The van der Waals surface area contributed by atoms with Crippen LogP contribution in [0, 0.1) is 24.0 Å². The molecule has 8 nitrogen and oxygen atoms in total. The number of benzene rings is 2. The van der Waals surface area contributed by atoms with Gasteiger partial charge in [0.05, 0.1) is 21.1 Å². The second-order valence-electron chi connectivity index (χ2n) is 6.30. The number of amides is 1. The number of aryl methyl sites for hydroxylation is 3. The molecule has 0 atom stereocenters. The number of carbonyl (C=O) groups is 1. The van der Waals surface area contributed by atoms with E-state index in [0.717, 1.165) is 11.1 Å². The van der Waals surface area contributed by atoms with Gasteiger partial charge in [0, 0.05) is 25.4 Å². The van der Waals surface area contributed by atoms with Gasteiger partial charge >= 0.3 is 0 Å². The average Bonchev–Trinajstić information content (AvgIpc) is 2.96. The molecule has 1 aromatic heterocycles. The summed E-state index contributed by atoms with van der Waals surface area (Å²) in [6.07, 6.45) is 1.64. The molecule has 1 heterocycles. The minimum Gasteiger partial charge on any atom is -0.457 e. The highest BCUT2D eigenvalue weighted by Crippen LogP contribution is 2.32. The van der Waals surface area contributed by atoms with Crippen LogP contribution >= 0.6 is 15.9 Å². The van der Waals surface area contributed by atoms with Crippen LogP contribution in [0.4, 0.5) is 11.4 Å². The highest BCUT2D eigenvalue weighted by atomic mass is 79.9. The standard InChI is InChI=1S/C19H17BrN4O4/c1-11-4-5-12(2)17(6-11)28-15-8-13(7-14(9-15)24(26)27)21-19(25)18-16(20)10-23(3)22-18/h4-10H,1-3H3,(H,21,25). The third kappa shape index (κ3) is 4.37. The van der Waals surface area contributed by atoms with E-state index in [-0.39, 0.29) is 22.8 Å². The van der Waals surface area contributed by atoms with Crippen molar-refractivity contribution in [2.24, 2.45) is 7.05 Å². The monoisotopic (exact) mass is 444 g/mol. The van der Waals surface area contributed by atoms with E-state index in [9.17, 15) is 14.9 Å². The Kier molecular flexibility index (Phi) is 5.46. The number of nitro benzene ring substituents is 1. The first-order valence-electron chi connectivity index (χ1n) is 8.28. The molecule has 3 rings (SSSR count). The van der Waals surface area contributed by atoms with Crippen LogP contribution in [0.25, 0.3) is 0 Å². The predicted octanol–water partition coefficient (Wildman–Crippen LogP) is 4.75. The summed E-state index contributed by atoms with van der Waals surface area (Å²) in [5, 5.41) is 18.0. The van der Waals surface area contributed by atoms with Crippen molar-refractivity contribution in [1.29, 1.82) is 0 Å². The van der Waals surface area contributed by atoms with Gasteiger partial charge in [-0.2, -0.15) is 5.10 Å². The maximum atomic E-state index is 12.5. The number of nitro groups is 1. The summed E-state index contributed by atoms with van der Waals surface area (Å²) in [6, 6.07) is 9.81. The molecule has 144 valence electrons. The fourth-order valence-corrected chi connectivity index (χ4v) is 3.12. The highest BCUT2D eigenvalue weighted by Gasteiger charge is 2.18. The van der Waals surface area contributed by atoms with Crippen molar-refractivity contribution in [3.63, 3.8) is 0 Å². The van der Waals surface area contributed by atoms with Gasteiger partial charge in [-0.25, -0.2) is 0 Å². The number of non-ortho nitro benzene ring substituents is 1. The van der Waals surface area contributed by atoms with Crippen LogP contribution < -0.4 is 10.1 Å². The van der Waals surface area contributed by atoms with Crippen LogP contribution in [0.2, 0.25) is 0 Å². The van der Waals surface area contributed by atoms with Gasteiger partial charge in [-0.15, -0.1) is 0 Å². The average molecular weight is 445 g/mol. The number of hydrogen-bond acceptors (Lipinski definition) is 5. The van der Waals surface area contributed by atoms with Gasteiger partial charge < -0.3 is 10.1 Å². The number of rotatable bonds is 5. The molecular weight excluding hydrogens is 428 g/mol. The summed E-state index contributed by atoms with van der Waals surface area (Å²) in [6.45, 7) is 3.81. The number of aromatic nitrogens is 2. The lowest BCUT2D eigenvalue weighted by atomic mass is 10.1.